The maximum atomic E-state index is 12.0. The highest BCUT2D eigenvalue weighted by Gasteiger charge is 2.25. The average Bonchev–Trinajstić information content (AvgIpc) is 3.22. The summed E-state index contributed by atoms with van der Waals surface area (Å²) in [5.74, 6) is 0.566. The molecular weight excluding hydrogens is 228 g/mol. The molecule has 0 atom stereocenters. The first kappa shape index (κ1) is 11.0. The van der Waals surface area contributed by atoms with Crippen molar-refractivity contribution in [2.75, 3.05) is 11.5 Å². The molecule has 1 fully saturated rings. The maximum Gasteiger partial charge on any atom is 0.418 e. The quantitative estimate of drug-likeness (QED) is 0.798. The van der Waals surface area contributed by atoms with Crippen molar-refractivity contribution in [3.8, 4) is 0 Å². The Hall–Kier alpha value is -2.10. The van der Waals surface area contributed by atoms with E-state index in [-0.39, 0.29) is 6.09 Å². The van der Waals surface area contributed by atoms with E-state index in [2.05, 4.69) is 4.99 Å². The molecule has 1 heterocycles. The second-order valence-corrected chi connectivity index (χ2v) is 4.50. The Bertz CT molecular complexity index is 518. The van der Waals surface area contributed by atoms with Crippen LogP contribution < -0.4 is 4.90 Å². The molecule has 92 valence electrons. The predicted molar refractivity (Wildman–Crippen MR) is 70.3 cm³/mol. The molecule has 1 aromatic rings. The largest absolute Gasteiger partial charge is 0.449 e. The van der Waals surface area contributed by atoms with Gasteiger partial charge in [-0.2, -0.15) is 0 Å². The highest BCUT2D eigenvalue weighted by Crippen LogP contribution is 2.32. The van der Waals surface area contributed by atoms with Crippen molar-refractivity contribution in [2.24, 2.45) is 10.9 Å². The molecule has 1 saturated carbocycles. The Morgan fingerprint density at radius 3 is 3.06 bits per heavy atom. The number of rotatable bonds is 2. The lowest BCUT2D eigenvalue weighted by molar-refractivity contribution is 0.151. The van der Waals surface area contributed by atoms with E-state index in [1.165, 1.54) is 17.7 Å². The number of aliphatic imine (C=N–C) groups is 1. The smallest absolute Gasteiger partial charge is 0.418 e. The number of hydrogen-bond acceptors (Lipinski definition) is 3. The van der Waals surface area contributed by atoms with E-state index in [1.807, 2.05) is 24.3 Å². The van der Waals surface area contributed by atoms with Crippen LogP contribution in [0.2, 0.25) is 0 Å². The van der Waals surface area contributed by atoms with Gasteiger partial charge in [0.15, 0.2) is 0 Å². The van der Waals surface area contributed by atoms with Gasteiger partial charge >= 0.3 is 6.09 Å². The molecule has 2 aliphatic rings. The van der Waals surface area contributed by atoms with Crippen LogP contribution in [0, 0.1) is 5.92 Å². The van der Waals surface area contributed by atoms with E-state index in [9.17, 15) is 4.79 Å². The van der Waals surface area contributed by atoms with Crippen molar-refractivity contribution < 1.29 is 9.53 Å². The summed E-state index contributed by atoms with van der Waals surface area (Å²) >= 11 is 0. The van der Waals surface area contributed by atoms with Crippen molar-refractivity contribution in [2.45, 2.75) is 12.8 Å². The molecule has 0 aromatic heterocycles. The normalized spacial score (nSPS) is 17.2. The Morgan fingerprint density at radius 1 is 1.39 bits per heavy atom. The van der Waals surface area contributed by atoms with Crippen LogP contribution in [0.1, 0.15) is 12.8 Å². The zero-order valence-electron chi connectivity index (χ0n) is 9.95. The molecule has 0 bridgehead atoms. The van der Waals surface area contributed by atoms with Gasteiger partial charge < -0.3 is 4.74 Å². The van der Waals surface area contributed by atoms with Crippen LogP contribution in [-0.2, 0) is 4.74 Å². The first-order valence-electron chi connectivity index (χ1n) is 6.10. The molecule has 0 N–H and O–H groups in total. The number of anilines is 1. The third kappa shape index (κ3) is 2.27. The summed E-state index contributed by atoms with van der Waals surface area (Å²) in [5.41, 5.74) is 1.52. The number of allylic oxidation sites excluding steroid dienone is 1. The zero-order chi connectivity index (χ0) is 12.4. The van der Waals surface area contributed by atoms with Gasteiger partial charge in [-0.05, 0) is 37.0 Å². The number of benzene rings is 1. The summed E-state index contributed by atoms with van der Waals surface area (Å²) in [6.45, 7) is 0.520. The number of fused-ring (bicyclic) bond motifs is 1. The number of carbonyl (C=O) groups is 1. The lowest BCUT2D eigenvalue weighted by Gasteiger charge is -2.18. The molecule has 3 rings (SSSR count). The molecule has 1 amide bonds. The highest BCUT2D eigenvalue weighted by atomic mass is 16.6. The first-order valence-corrected chi connectivity index (χ1v) is 6.10. The molecule has 1 aromatic carbocycles. The summed E-state index contributed by atoms with van der Waals surface area (Å²) in [5, 5.41) is 0. The molecule has 4 heteroatoms. The number of amides is 1. The van der Waals surface area contributed by atoms with E-state index in [0.29, 0.717) is 12.5 Å². The Labute approximate surface area is 106 Å². The lowest BCUT2D eigenvalue weighted by Crippen LogP contribution is -2.26. The van der Waals surface area contributed by atoms with Crippen LogP contribution >= 0.6 is 0 Å². The van der Waals surface area contributed by atoms with Gasteiger partial charge in [0.05, 0.1) is 18.0 Å². The molecule has 0 unspecified atom stereocenters. The summed E-state index contributed by atoms with van der Waals surface area (Å²) in [7, 11) is 0. The van der Waals surface area contributed by atoms with Crippen LogP contribution in [0.25, 0.3) is 0 Å². The SMILES string of the molecule is O=C(OCC1CC1)N1C=CC=Nc2ccccc21. The van der Waals surface area contributed by atoms with Crippen molar-refractivity contribution in [3.05, 3.63) is 36.5 Å². The van der Waals surface area contributed by atoms with E-state index < -0.39 is 0 Å². The van der Waals surface area contributed by atoms with Gasteiger partial charge in [-0.1, -0.05) is 12.1 Å². The first-order chi connectivity index (χ1) is 8.84. The number of carbonyl (C=O) groups excluding carboxylic acids is 1. The second kappa shape index (κ2) is 4.64. The third-order valence-electron chi connectivity index (χ3n) is 3.01. The van der Waals surface area contributed by atoms with Crippen LogP contribution in [-0.4, -0.2) is 18.9 Å². The molecule has 4 nitrogen and oxygen atoms in total. The van der Waals surface area contributed by atoms with E-state index in [4.69, 9.17) is 4.74 Å². The minimum atomic E-state index is -0.337. The van der Waals surface area contributed by atoms with Gasteiger partial charge in [0.1, 0.15) is 0 Å². The number of nitrogens with zero attached hydrogens (tertiary/aromatic N) is 2. The van der Waals surface area contributed by atoms with Crippen molar-refractivity contribution in [1.82, 2.24) is 0 Å². The molecule has 0 spiro atoms. The molecule has 1 aliphatic carbocycles. The van der Waals surface area contributed by atoms with E-state index >= 15 is 0 Å². The fraction of sp³-hybridized carbons (Fsp3) is 0.286. The topological polar surface area (TPSA) is 41.9 Å². The molecule has 0 radical (unpaired) electrons. The van der Waals surface area contributed by atoms with Crippen LogP contribution in [0.3, 0.4) is 0 Å². The summed E-state index contributed by atoms with van der Waals surface area (Å²) in [4.78, 5) is 17.8. The van der Waals surface area contributed by atoms with Gasteiger partial charge in [0, 0.05) is 12.4 Å². The Kier molecular flexibility index (Phi) is 2.84. The average molecular weight is 242 g/mol. The summed E-state index contributed by atoms with van der Waals surface area (Å²) in [6.07, 6.45) is 7.10. The molecule has 1 aliphatic heterocycles. The highest BCUT2D eigenvalue weighted by molar-refractivity contribution is 5.96. The van der Waals surface area contributed by atoms with Gasteiger partial charge in [-0.3, -0.25) is 9.89 Å². The maximum absolute atomic E-state index is 12.0. The molecule has 18 heavy (non-hydrogen) atoms. The number of hydrogen-bond donors (Lipinski definition) is 0. The van der Waals surface area contributed by atoms with Crippen molar-refractivity contribution in [1.29, 1.82) is 0 Å². The van der Waals surface area contributed by atoms with Gasteiger partial charge in [-0.15, -0.1) is 0 Å². The van der Waals surface area contributed by atoms with Gasteiger partial charge in [0.2, 0.25) is 0 Å². The summed E-state index contributed by atoms with van der Waals surface area (Å²) in [6, 6.07) is 7.52. The Balaban J connectivity index is 1.80. The fourth-order valence-corrected chi connectivity index (χ4v) is 1.81. The fourth-order valence-electron chi connectivity index (χ4n) is 1.81. The van der Waals surface area contributed by atoms with Crippen molar-refractivity contribution in [3.63, 3.8) is 0 Å². The van der Waals surface area contributed by atoms with Crippen molar-refractivity contribution >= 4 is 23.7 Å². The standard InChI is InChI=1S/C14H14N2O2/c17-14(18-10-11-6-7-11)16-9-3-8-15-12-4-1-2-5-13(12)16/h1-5,8-9,11H,6-7,10H2. The zero-order valence-corrected chi connectivity index (χ0v) is 9.95. The van der Waals surface area contributed by atoms with Gasteiger partial charge in [-0.25, -0.2) is 4.79 Å². The van der Waals surface area contributed by atoms with Crippen LogP contribution in [0.5, 0.6) is 0 Å². The lowest BCUT2D eigenvalue weighted by atomic mass is 10.2. The minimum absolute atomic E-state index is 0.337. The predicted octanol–water partition coefficient (Wildman–Crippen LogP) is 3.27. The Morgan fingerprint density at radius 2 is 2.22 bits per heavy atom. The van der Waals surface area contributed by atoms with Crippen LogP contribution in [0.4, 0.5) is 16.2 Å². The van der Waals surface area contributed by atoms with E-state index in [1.54, 1.807) is 18.5 Å². The number of ether oxygens (including phenoxy) is 1. The number of para-hydroxylation sites is 2. The minimum Gasteiger partial charge on any atom is -0.449 e. The molecular formula is C14H14N2O2. The summed E-state index contributed by atoms with van der Waals surface area (Å²) < 4.78 is 5.30. The van der Waals surface area contributed by atoms with Crippen LogP contribution in [0.15, 0.2) is 41.5 Å². The van der Waals surface area contributed by atoms with Gasteiger partial charge in [0.25, 0.3) is 0 Å². The second-order valence-electron chi connectivity index (χ2n) is 4.50. The molecule has 0 saturated heterocycles. The third-order valence-corrected chi connectivity index (χ3v) is 3.01. The van der Waals surface area contributed by atoms with E-state index in [0.717, 1.165) is 11.4 Å². The monoisotopic (exact) mass is 242 g/mol.